The Bertz CT molecular complexity index is 363. The second-order valence-corrected chi connectivity index (χ2v) is 4.33. The standard InChI is InChI=1S/C11H12F2O2S/c1-16-9-4-2-8(3-5-9)6-11(12,13)7-10(14)15/h2-5H,6-7H2,1H3,(H,14,15). The minimum atomic E-state index is -3.19. The van der Waals surface area contributed by atoms with Crippen molar-refractivity contribution < 1.29 is 18.7 Å². The molecule has 88 valence electrons. The molecule has 5 heteroatoms. The highest BCUT2D eigenvalue weighted by molar-refractivity contribution is 7.98. The molecule has 0 heterocycles. The minimum absolute atomic E-state index is 0.448. The average molecular weight is 246 g/mol. The van der Waals surface area contributed by atoms with Gasteiger partial charge in [-0.3, -0.25) is 4.79 Å². The van der Waals surface area contributed by atoms with Gasteiger partial charge in [-0.1, -0.05) is 12.1 Å². The van der Waals surface area contributed by atoms with E-state index in [9.17, 15) is 13.6 Å². The second kappa shape index (κ2) is 5.30. The Kier molecular flexibility index (Phi) is 4.29. The molecule has 0 spiro atoms. The maximum Gasteiger partial charge on any atom is 0.309 e. The highest BCUT2D eigenvalue weighted by Gasteiger charge is 2.32. The largest absolute Gasteiger partial charge is 0.481 e. The van der Waals surface area contributed by atoms with Gasteiger partial charge in [0.1, 0.15) is 6.42 Å². The number of carbonyl (C=O) groups is 1. The number of carboxylic acids is 1. The summed E-state index contributed by atoms with van der Waals surface area (Å²) in [5.74, 6) is -4.67. The first-order valence-corrected chi connectivity index (χ1v) is 5.88. The van der Waals surface area contributed by atoms with Crippen LogP contribution in [0.25, 0.3) is 0 Å². The molecule has 0 saturated carbocycles. The monoisotopic (exact) mass is 246 g/mol. The summed E-state index contributed by atoms with van der Waals surface area (Å²) in [6.07, 6.45) is 0.235. The molecule has 0 aliphatic heterocycles. The maximum atomic E-state index is 13.2. The summed E-state index contributed by atoms with van der Waals surface area (Å²) in [6.45, 7) is 0. The van der Waals surface area contributed by atoms with Crippen LogP contribution < -0.4 is 0 Å². The van der Waals surface area contributed by atoms with Gasteiger partial charge in [-0.05, 0) is 24.0 Å². The van der Waals surface area contributed by atoms with E-state index in [0.717, 1.165) is 4.90 Å². The zero-order valence-electron chi connectivity index (χ0n) is 8.74. The van der Waals surface area contributed by atoms with Crippen LogP contribution >= 0.6 is 11.8 Å². The first kappa shape index (κ1) is 13.0. The Labute approximate surface area is 96.7 Å². The molecule has 16 heavy (non-hydrogen) atoms. The van der Waals surface area contributed by atoms with E-state index in [1.165, 1.54) is 11.8 Å². The van der Waals surface area contributed by atoms with Gasteiger partial charge in [0.15, 0.2) is 0 Å². The summed E-state index contributed by atoms with van der Waals surface area (Å²) in [7, 11) is 0. The first-order chi connectivity index (χ1) is 7.43. The van der Waals surface area contributed by atoms with Crippen molar-refractivity contribution in [2.24, 2.45) is 0 Å². The minimum Gasteiger partial charge on any atom is -0.481 e. The van der Waals surface area contributed by atoms with Crippen LogP contribution in [0.15, 0.2) is 29.2 Å². The van der Waals surface area contributed by atoms with Crippen molar-refractivity contribution in [3.63, 3.8) is 0 Å². The summed E-state index contributed by atoms with van der Waals surface area (Å²) in [5.41, 5.74) is 0.448. The third kappa shape index (κ3) is 4.18. The molecular weight excluding hydrogens is 234 g/mol. The normalized spacial score (nSPS) is 11.4. The predicted molar refractivity (Wildman–Crippen MR) is 59.1 cm³/mol. The molecule has 0 aliphatic rings. The molecule has 1 aromatic carbocycles. The van der Waals surface area contributed by atoms with Crippen molar-refractivity contribution in [2.45, 2.75) is 23.7 Å². The molecule has 0 bridgehead atoms. The second-order valence-electron chi connectivity index (χ2n) is 3.45. The number of benzene rings is 1. The quantitative estimate of drug-likeness (QED) is 0.811. The number of hydrogen-bond donors (Lipinski definition) is 1. The summed E-state index contributed by atoms with van der Waals surface area (Å²) in [6, 6.07) is 6.69. The fourth-order valence-electron chi connectivity index (χ4n) is 1.33. The number of rotatable bonds is 5. The lowest BCUT2D eigenvalue weighted by Gasteiger charge is -2.13. The fraction of sp³-hybridized carbons (Fsp3) is 0.364. The van der Waals surface area contributed by atoms with Crippen LogP contribution in [0.2, 0.25) is 0 Å². The van der Waals surface area contributed by atoms with E-state index >= 15 is 0 Å². The zero-order valence-corrected chi connectivity index (χ0v) is 9.56. The molecule has 0 aliphatic carbocycles. The lowest BCUT2D eigenvalue weighted by atomic mass is 10.1. The van der Waals surface area contributed by atoms with Crippen molar-refractivity contribution >= 4 is 17.7 Å². The smallest absolute Gasteiger partial charge is 0.309 e. The van der Waals surface area contributed by atoms with Gasteiger partial charge in [0.05, 0.1) is 0 Å². The van der Waals surface area contributed by atoms with Gasteiger partial charge in [0.2, 0.25) is 0 Å². The van der Waals surface area contributed by atoms with E-state index in [1.807, 2.05) is 6.26 Å². The van der Waals surface area contributed by atoms with Gasteiger partial charge in [0, 0.05) is 11.3 Å². The number of carboxylic acid groups (broad SMARTS) is 1. The fourth-order valence-corrected chi connectivity index (χ4v) is 1.73. The van der Waals surface area contributed by atoms with E-state index in [0.29, 0.717) is 5.56 Å². The zero-order chi connectivity index (χ0) is 12.2. The molecule has 0 atom stereocenters. The lowest BCUT2D eigenvalue weighted by Crippen LogP contribution is -2.23. The van der Waals surface area contributed by atoms with Crippen LogP contribution in [0.4, 0.5) is 8.78 Å². The molecular formula is C11H12F2O2S. The molecule has 1 rings (SSSR count). The summed E-state index contributed by atoms with van der Waals surface area (Å²) >= 11 is 1.52. The van der Waals surface area contributed by atoms with Crippen LogP contribution in [0.3, 0.4) is 0 Å². The number of halogens is 2. The summed E-state index contributed by atoms with van der Waals surface area (Å²) < 4.78 is 26.3. The van der Waals surface area contributed by atoms with Crippen molar-refractivity contribution in [1.82, 2.24) is 0 Å². The highest BCUT2D eigenvalue weighted by atomic mass is 32.2. The lowest BCUT2D eigenvalue weighted by molar-refractivity contribution is -0.144. The Hall–Kier alpha value is -1.10. The van der Waals surface area contributed by atoms with Crippen molar-refractivity contribution in [3.8, 4) is 0 Å². The molecule has 0 amide bonds. The van der Waals surface area contributed by atoms with Crippen LogP contribution in [0.5, 0.6) is 0 Å². The third-order valence-corrected chi connectivity index (χ3v) is 2.78. The van der Waals surface area contributed by atoms with Gasteiger partial charge < -0.3 is 5.11 Å². The third-order valence-electron chi connectivity index (χ3n) is 2.03. The summed E-state index contributed by atoms with van der Waals surface area (Å²) in [4.78, 5) is 11.2. The van der Waals surface area contributed by atoms with Crippen LogP contribution in [0, 0.1) is 0 Å². The van der Waals surface area contributed by atoms with Gasteiger partial charge in [-0.25, -0.2) is 8.78 Å². The first-order valence-electron chi connectivity index (χ1n) is 4.65. The SMILES string of the molecule is CSc1ccc(CC(F)(F)CC(=O)O)cc1. The number of aliphatic carboxylic acids is 1. The maximum absolute atomic E-state index is 13.2. The van der Waals surface area contributed by atoms with E-state index in [1.54, 1.807) is 24.3 Å². The molecule has 0 radical (unpaired) electrons. The van der Waals surface area contributed by atoms with Crippen LogP contribution in [0.1, 0.15) is 12.0 Å². The number of hydrogen-bond acceptors (Lipinski definition) is 2. The Morgan fingerprint density at radius 3 is 2.38 bits per heavy atom. The molecule has 0 aromatic heterocycles. The van der Waals surface area contributed by atoms with Crippen molar-refractivity contribution in [1.29, 1.82) is 0 Å². The molecule has 0 fully saturated rings. The molecule has 0 saturated heterocycles. The summed E-state index contributed by atoms with van der Waals surface area (Å²) in [5, 5.41) is 8.33. The Morgan fingerprint density at radius 1 is 1.38 bits per heavy atom. The van der Waals surface area contributed by atoms with E-state index in [2.05, 4.69) is 0 Å². The predicted octanol–water partition coefficient (Wildman–Crippen LogP) is 3.06. The Morgan fingerprint density at radius 2 is 1.94 bits per heavy atom. The van der Waals surface area contributed by atoms with Gasteiger partial charge >= 0.3 is 5.97 Å². The molecule has 1 N–H and O–H groups in total. The van der Waals surface area contributed by atoms with E-state index in [4.69, 9.17) is 5.11 Å². The van der Waals surface area contributed by atoms with Crippen molar-refractivity contribution in [3.05, 3.63) is 29.8 Å². The molecule has 1 aromatic rings. The molecule has 2 nitrogen and oxygen atoms in total. The van der Waals surface area contributed by atoms with Crippen molar-refractivity contribution in [2.75, 3.05) is 6.26 Å². The van der Waals surface area contributed by atoms with E-state index in [-0.39, 0.29) is 0 Å². The van der Waals surface area contributed by atoms with Gasteiger partial charge in [-0.2, -0.15) is 0 Å². The van der Waals surface area contributed by atoms with Gasteiger partial charge in [0.25, 0.3) is 5.92 Å². The number of thioether (sulfide) groups is 1. The highest BCUT2D eigenvalue weighted by Crippen LogP contribution is 2.25. The Balaban J connectivity index is 2.68. The van der Waals surface area contributed by atoms with Crippen LogP contribution in [-0.4, -0.2) is 23.3 Å². The molecule has 0 unspecified atom stereocenters. The van der Waals surface area contributed by atoms with E-state index < -0.39 is 24.7 Å². The van der Waals surface area contributed by atoms with Gasteiger partial charge in [-0.15, -0.1) is 11.8 Å². The average Bonchev–Trinajstić information content (AvgIpc) is 2.16. The number of alkyl halides is 2. The topological polar surface area (TPSA) is 37.3 Å². The van der Waals surface area contributed by atoms with Crippen LogP contribution in [-0.2, 0) is 11.2 Å².